The molecule has 0 aliphatic carbocycles. The average Bonchev–Trinajstić information content (AvgIpc) is 2.71. The molecule has 0 fully saturated rings. The van der Waals surface area contributed by atoms with Gasteiger partial charge in [-0.1, -0.05) is 42.5 Å². The second-order valence-electron chi connectivity index (χ2n) is 6.87. The van der Waals surface area contributed by atoms with Gasteiger partial charge in [-0.2, -0.15) is 0 Å². The van der Waals surface area contributed by atoms with E-state index in [-0.39, 0.29) is 11.9 Å². The molecular formula is C23H22N2O2. The van der Waals surface area contributed by atoms with Gasteiger partial charge in [-0.05, 0) is 42.0 Å². The fourth-order valence-electron chi connectivity index (χ4n) is 3.36. The van der Waals surface area contributed by atoms with E-state index < -0.39 is 6.04 Å². The summed E-state index contributed by atoms with van der Waals surface area (Å²) in [4.78, 5) is 15.3. The van der Waals surface area contributed by atoms with Gasteiger partial charge in [-0.25, -0.2) is 0 Å². The molecule has 2 unspecified atom stereocenters. The Balaban J connectivity index is 1.69. The first-order valence-electron chi connectivity index (χ1n) is 9.02. The van der Waals surface area contributed by atoms with Gasteiger partial charge >= 0.3 is 0 Å². The van der Waals surface area contributed by atoms with Crippen molar-refractivity contribution in [1.29, 1.82) is 0 Å². The number of para-hydroxylation sites is 1. The first-order chi connectivity index (χ1) is 13.1. The van der Waals surface area contributed by atoms with Crippen LogP contribution < -0.4 is 15.0 Å². The summed E-state index contributed by atoms with van der Waals surface area (Å²) < 4.78 is 6.24. The number of fused-ring (bicyclic) bond motifs is 1. The van der Waals surface area contributed by atoms with Crippen molar-refractivity contribution in [2.24, 2.45) is 0 Å². The Bertz CT molecular complexity index is 936. The zero-order valence-corrected chi connectivity index (χ0v) is 15.4. The van der Waals surface area contributed by atoms with Crippen molar-refractivity contribution in [3.05, 3.63) is 90.0 Å². The molecule has 0 spiro atoms. The number of anilines is 2. The maximum Gasteiger partial charge on any atom is 0.192 e. The minimum absolute atomic E-state index is 0.0439. The molecule has 1 N–H and O–H groups in total. The van der Waals surface area contributed by atoms with Gasteiger partial charge < -0.3 is 15.0 Å². The van der Waals surface area contributed by atoms with Crippen molar-refractivity contribution in [2.45, 2.75) is 12.1 Å². The van der Waals surface area contributed by atoms with Crippen LogP contribution in [0.4, 0.5) is 11.4 Å². The smallest absolute Gasteiger partial charge is 0.192 e. The summed E-state index contributed by atoms with van der Waals surface area (Å²) in [7, 11) is 4.01. The topological polar surface area (TPSA) is 41.6 Å². The van der Waals surface area contributed by atoms with Crippen LogP contribution in [0.2, 0.25) is 0 Å². The van der Waals surface area contributed by atoms with E-state index in [1.807, 2.05) is 97.9 Å². The van der Waals surface area contributed by atoms with Gasteiger partial charge in [0.25, 0.3) is 0 Å². The molecule has 0 aromatic heterocycles. The summed E-state index contributed by atoms with van der Waals surface area (Å²) in [6.45, 7) is 0. The number of hydrogen-bond acceptors (Lipinski definition) is 4. The lowest BCUT2D eigenvalue weighted by atomic mass is 9.91. The first kappa shape index (κ1) is 17.2. The Morgan fingerprint density at radius 2 is 1.52 bits per heavy atom. The monoisotopic (exact) mass is 358 g/mol. The van der Waals surface area contributed by atoms with E-state index in [1.54, 1.807) is 0 Å². The molecule has 4 heteroatoms. The molecule has 0 saturated carbocycles. The predicted molar refractivity (Wildman–Crippen MR) is 109 cm³/mol. The molecule has 0 bridgehead atoms. The van der Waals surface area contributed by atoms with Crippen LogP contribution in [-0.4, -0.2) is 25.9 Å². The highest BCUT2D eigenvalue weighted by Gasteiger charge is 2.38. The van der Waals surface area contributed by atoms with Crippen LogP contribution in [0.5, 0.6) is 5.75 Å². The number of ketones is 1. The van der Waals surface area contributed by atoms with Crippen molar-refractivity contribution >= 4 is 17.2 Å². The summed E-state index contributed by atoms with van der Waals surface area (Å²) in [6, 6.07) is 24.9. The predicted octanol–water partition coefficient (Wildman–Crippen LogP) is 4.55. The van der Waals surface area contributed by atoms with Gasteiger partial charge in [0.15, 0.2) is 11.9 Å². The zero-order chi connectivity index (χ0) is 18.8. The molecule has 1 aliphatic heterocycles. The van der Waals surface area contributed by atoms with Crippen LogP contribution in [0.25, 0.3) is 0 Å². The van der Waals surface area contributed by atoms with E-state index in [9.17, 15) is 4.79 Å². The number of rotatable bonds is 4. The number of hydrogen-bond donors (Lipinski definition) is 1. The highest BCUT2D eigenvalue weighted by molar-refractivity contribution is 6.05. The van der Waals surface area contributed by atoms with E-state index in [4.69, 9.17) is 4.74 Å². The quantitative estimate of drug-likeness (QED) is 0.743. The highest BCUT2D eigenvalue weighted by atomic mass is 16.5. The summed E-state index contributed by atoms with van der Waals surface area (Å²) >= 11 is 0. The molecule has 2 atom stereocenters. The van der Waals surface area contributed by atoms with E-state index >= 15 is 0 Å². The van der Waals surface area contributed by atoms with Crippen molar-refractivity contribution < 1.29 is 9.53 Å². The SMILES string of the molecule is CN(C)c1ccc(NC2C(=O)c3ccccc3OC2c2ccccc2)cc1. The minimum atomic E-state index is -0.493. The van der Waals surface area contributed by atoms with Crippen LogP contribution in [0, 0.1) is 0 Å². The minimum Gasteiger partial charge on any atom is -0.482 e. The van der Waals surface area contributed by atoms with E-state index in [0.29, 0.717) is 11.3 Å². The number of nitrogens with zero attached hydrogens (tertiary/aromatic N) is 1. The second kappa shape index (κ2) is 7.16. The maximum absolute atomic E-state index is 13.2. The lowest BCUT2D eigenvalue weighted by Gasteiger charge is -2.34. The number of nitrogens with one attached hydrogen (secondary N) is 1. The van der Waals surface area contributed by atoms with Crippen LogP contribution in [-0.2, 0) is 0 Å². The van der Waals surface area contributed by atoms with Gasteiger partial charge in [0.1, 0.15) is 11.8 Å². The molecule has 27 heavy (non-hydrogen) atoms. The normalized spacial score (nSPS) is 18.4. The molecule has 136 valence electrons. The lowest BCUT2D eigenvalue weighted by Crippen LogP contribution is -2.42. The molecule has 0 radical (unpaired) electrons. The highest BCUT2D eigenvalue weighted by Crippen LogP contribution is 2.36. The van der Waals surface area contributed by atoms with Crippen LogP contribution >= 0.6 is 0 Å². The third kappa shape index (κ3) is 3.38. The van der Waals surface area contributed by atoms with Crippen LogP contribution in [0.3, 0.4) is 0 Å². The second-order valence-corrected chi connectivity index (χ2v) is 6.87. The molecule has 3 aromatic rings. The summed E-state index contributed by atoms with van der Waals surface area (Å²) in [5.41, 5.74) is 3.59. The van der Waals surface area contributed by atoms with Gasteiger partial charge in [-0.3, -0.25) is 4.79 Å². The Kier molecular flexibility index (Phi) is 4.55. The number of carbonyl (C=O) groups excluding carboxylic acids is 1. The van der Waals surface area contributed by atoms with E-state index in [1.165, 1.54) is 0 Å². The summed E-state index contributed by atoms with van der Waals surface area (Å²) in [5, 5.41) is 3.39. The van der Waals surface area contributed by atoms with Gasteiger partial charge in [0.05, 0.1) is 5.56 Å². The van der Waals surface area contributed by atoms with E-state index in [2.05, 4.69) is 5.32 Å². The van der Waals surface area contributed by atoms with Gasteiger partial charge in [0, 0.05) is 25.5 Å². The van der Waals surface area contributed by atoms with Crippen LogP contribution in [0.15, 0.2) is 78.9 Å². The fraction of sp³-hybridized carbons (Fsp3) is 0.174. The van der Waals surface area contributed by atoms with Crippen molar-refractivity contribution in [3.8, 4) is 5.75 Å². The summed E-state index contributed by atoms with van der Waals surface area (Å²) in [6.07, 6.45) is -0.387. The van der Waals surface area contributed by atoms with Gasteiger partial charge in [0.2, 0.25) is 0 Å². The fourth-order valence-corrected chi connectivity index (χ4v) is 3.36. The third-order valence-corrected chi connectivity index (χ3v) is 4.83. The maximum atomic E-state index is 13.2. The third-order valence-electron chi connectivity index (χ3n) is 4.83. The Hall–Kier alpha value is -3.27. The molecule has 1 aliphatic rings. The van der Waals surface area contributed by atoms with Gasteiger partial charge in [-0.15, -0.1) is 0 Å². The summed E-state index contributed by atoms with van der Waals surface area (Å²) in [5.74, 6) is 0.680. The number of benzene rings is 3. The molecule has 4 nitrogen and oxygen atoms in total. The van der Waals surface area contributed by atoms with E-state index in [0.717, 1.165) is 16.9 Å². The molecule has 0 amide bonds. The molecule has 3 aromatic carbocycles. The first-order valence-corrected chi connectivity index (χ1v) is 9.02. The standard InChI is InChI=1S/C23H22N2O2/c1-25(2)18-14-12-17(13-15-18)24-21-22(26)19-10-6-7-11-20(19)27-23(21)16-8-4-3-5-9-16/h3-15,21,23-24H,1-2H3. The van der Waals surface area contributed by atoms with Crippen molar-refractivity contribution in [1.82, 2.24) is 0 Å². The number of carbonyl (C=O) groups is 1. The largest absolute Gasteiger partial charge is 0.482 e. The van der Waals surface area contributed by atoms with Crippen molar-refractivity contribution in [2.75, 3.05) is 24.3 Å². The molecule has 1 heterocycles. The Morgan fingerprint density at radius 1 is 0.852 bits per heavy atom. The molecule has 0 saturated heterocycles. The zero-order valence-electron chi connectivity index (χ0n) is 15.4. The molecule has 4 rings (SSSR count). The lowest BCUT2D eigenvalue weighted by molar-refractivity contribution is 0.0812. The number of Topliss-reactive ketones (excluding diaryl/α,β-unsaturated/α-hetero) is 1. The van der Waals surface area contributed by atoms with Crippen LogP contribution in [0.1, 0.15) is 22.0 Å². The molecular weight excluding hydrogens is 336 g/mol. The Labute approximate surface area is 159 Å². The van der Waals surface area contributed by atoms with Crippen molar-refractivity contribution in [3.63, 3.8) is 0 Å². The Morgan fingerprint density at radius 3 is 2.22 bits per heavy atom. The number of ether oxygens (including phenoxy) is 1. The average molecular weight is 358 g/mol.